The summed E-state index contributed by atoms with van der Waals surface area (Å²) in [4.78, 5) is 16.3. The summed E-state index contributed by atoms with van der Waals surface area (Å²) in [5.74, 6) is 0.842. The van der Waals surface area contributed by atoms with Crippen LogP contribution in [0.4, 0.5) is 5.69 Å². The fraction of sp³-hybridized carbons (Fsp3) is 0.158. The van der Waals surface area contributed by atoms with Gasteiger partial charge in [0.15, 0.2) is 5.76 Å². The Morgan fingerprint density at radius 2 is 1.92 bits per heavy atom. The van der Waals surface area contributed by atoms with E-state index in [1.807, 2.05) is 56.3 Å². The second-order valence-electron chi connectivity index (χ2n) is 5.63. The molecule has 0 unspecified atom stereocenters. The van der Waals surface area contributed by atoms with E-state index < -0.39 is 0 Å². The molecule has 1 heterocycles. The molecule has 1 aromatic heterocycles. The number of carbonyl (C=O) groups is 1. The van der Waals surface area contributed by atoms with Crippen LogP contribution in [0, 0.1) is 13.8 Å². The van der Waals surface area contributed by atoms with Crippen molar-refractivity contribution in [3.05, 3.63) is 64.3 Å². The van der Waals surface area contributed by atoms with Crippen molar-refractivity contribution in [1.82, 2.24) is 4.98 Å². The van der Waals surface area contributed by atoms with Gasteiger partial charge in [0, 0.05) is 15.7 Å². The highest BCUT2D eigenvalue weighted by atomic mass is 79.9. The van der Waals surface area contributed by atoms with Crippen molar-refractivity contribution < 1.29 is 9.21 Å². The second-order valence-corrected chi connectivity index (χ2v) is 7.48. The van der Waals surface area contributed by atoms with Gasteiger partial charge in [0.05, 0.1) is 11.9 Å². The van der Waals surface area contributed by atoms with Crippen molar-refractivity contribution in [1.29, 1.82) is 0 Å². The summed E-state index contributed by atoms with van der Waals surface area (Å²) in [6.45, 7) is 4.07. The van der Waals surface area contributed by atoms with Crippen molar-refractivity contribution in [3.8, 4) is 11.3 Å². The summed E-state index contributed by atoms with van der Waals surface area (Å²) in [5, 5.41) is 3.37. The maximum Gasteiger partial charge on any atom is 0.256 e. The monoisotopic (exact) mass is 416 g/mol. The molecule has 0 fully saturated rings. The number of hydrogen-bond acceptors (Lipinski definition) is 4. The average molecular weight is 417 g/mol. The van der Waals surface area contributed by atoms with Crippen LogP contribution in [0.3, 0.4) is 0 Å². The van der Waals surface area contributed by atoms with Gasteiger partial charge in [-0.1, -0.05) is 45.9 Å². The highest BCUT2D eigenvalue weighted by molar-refractivity contribution is 9.10. The van der Waals surface area contributed by atoms with Crippen LogP contribution in [0.15, 0.2) is 62.8 Å². The predicted octanol–water partition coefficient (Wildman–Crippen LogP) is 5.45. The summed E-state index contributed by atoms with van der Waals surface area (Å²) in [6.07, 6.45) is 1.67. The minimum absolute atomic E-state index is 0.0864. The molecule has 0 aliphatic heterocycles. The van der Waals surface area contributed by atoms with Gasteiger partial charge in [0.1, 0.15) is 0 Å². The minimum atomic E-state index is -0.0864. The number of carbonyl (C=O) groups excluding carboxylic acids is 1. The summed E-state index contributed by atoms with van der Waals surface area (Å²) in [7, 11) is 0. The zero-order chi connectivity index (χ0) is 17.8. The standard InChI is InChI=1S/C19H17BrN2O2S/c1-12-3-8-16(9-13(12)2)22-18(23)11-25-19-21-10-17(24-19)14-4-6-15(20)7-5-14/h3-10H,11H2,1-2H3,(H,22,23). The first-order valence-electron chi connectivity index (χ1n) is 7.73. The van der Waals surface area contributed by atoms with Crippen molar-refractivity contribution in [2.24, 2.45) is 0 Å². The number of aromatic nitrogens is 1. The SMILES string of the molecule is Cc1ccc(NC(=O)CSc2ncc(-c3ccc(Br)cc3)o2)cc1C. The molecule has 0 saturated heterocycles. The number of thioether (sulfide) groups is 1. The van der Waals surface area contributed by atoms with Crippen LogP contribution in [0.2, 0.25) is 0 Å². The minimum Gasteiger partial charge on any atom is -0.431 e. The molecular formula is C19H17BrN2O2S. The van der Waals surface area contributed by atoms with Crippen LogP contribution in [0.1, 0.15) is 11.1 Å². The Balaban J connectivity index is 1.57. The summed E-state index contributed by atoms with van der Waals surface area (Å²) < 4.78 is 6.71. The molecule has 128 valence electrons. The Morgan fingerprint density at radius 3 is 2.64 bits per heavy atom. The maximum absolute atomic E-state index is 12.1. The van der Waals surface area contributed by atoms with Crippen LogP contribution in [-0.2, 0) is 4.79 Å². The summed E-state index contributed by atoms with van der Waals surface area (Å²) in [5.41, 5.74) is 4.10. The van der Waals surface area contributed by atoms with E-state index >= 15 is 0 Å². The van der Waals surface area contributed by atoms with Crippen LogP contribution in [0.25, 0.3) is 11.3 Å². The van der Waals surface area contributed by atoms with E-state index in [-0.39, 0.29) is 11.7 Å². The molecule has 3 aromatic rings. The molecule has 4 nitrogen and oxygen atoms in total. The van der Waals surface area contributed by atoms with Gasteiger partial charge < -0.3 is 9.73 Å². The molecule has 1 amide bonds. The third kappa shape index (κ3) is 4.74. The zero-order valence-electron chi connectivity index (χ0n) is 13.9. The lowest BCUT2D eigenvalue weighted by atomic mass is 10.1. The van der Waals surface area contributed by atoms with Gasteiger partial charge in [-0.15, -0.1) is 0 Å². The third-order valence-electron chi connectivity index (χ3n) is 3.73. The second kappa shape index (κ2) is 7.89. The number of nitrogens with zero attached hydrogens (tertiary/aromatic N) is 1. The van der Waals surface area contributed by atoms with E-state index in [2.05, 4.69) is 26.2 Å². The van der Waals surface area contributed by atoms with Gasteiger partial charge in [-0.25, -0.2) is 4.98 Å². The topological polar surface area (TPSA) is 55.1 Å². The van der Waals surface area contributed by atoms with E-state index in [0.29, 0.717) is 11.0 Å². The Bertz CT molecular complexity index is 891. The third-order valence-corrected chi connectivity index (χ3v) is 5.10. The van der Waals surface area contributed by atoms with Gasteiger partial charge in [0.2, 0.25) is 5.91 Å². The van der Waals surface area contributed by atoms with E-state index in [0.717, 1.165) is 21.3 Å². The smallest absolute Gasteiger partial charge is 0.256 e. The Kier molecular flexibility index (Phi) is 5.60. The fourth-order valence-electron chi connectivity index (χ4n) is 2.22. The first-order chi connectivity index (χ1) is 12.0. The number of benzene rings is 2. The number of halogens is 1. The molecule has 0 atom stereocenters. The number of amides is 1. The lowest BCUT2D eigenvalue weighted by molar-refractivity contribution is -0.113. The average Bonchev–Trinajstić information content (AvgIpc) is 3.06. The number of anilines is 1. The Hall–Kier alpha value is -2.05. The lowest BCUT2D eigenvalue weighted by Gasteiger charge is -2.06. The van der Waals surface area contributed by atoms with Gasteiger partial charge in [-0.05, 0) is 49.2 Å². The molecule has 3 rings (SSSR count). The molecule has 0 saturated carbocycles. The van der Waals surface area contributed by atoms with Gasteiger partial charge in [-0.2, -0.15) is 0 Å². The highest BCUT2D eigenvalue weighted by Gasteiger charge is 2.10. The molecule has 1 N–H and O–H groups in total. The summed E-state index contributed by atoms with van der Waals surface area (Å²) in [6, 6.07) is 13.7. The van der Waals surface area contributed by atoms with Crippen molar-refractivity contribution in [2.75, 3.05) is 11.1 Å². The molecule has 6 heteroatoms. The summed E-state index contributed by atoms with van der Waals surface area (Å²) >= 11 is 4.68. The predicted molar refractivity (Wildman–Crippen MR) is 105 cm³/mol. The molecule has 0 aliphatic rings. The van der Waals surface area contributed by atoms with Gasteiger partial charge in [0.25, 0.3) is 5.22 Å². The number of rotatable bonds is 5. The van der Waals surface area contributed by atoms with Crippen LogP contribution < -0.4 is 5.32 Å². The van der Waals surface area contributed by atoms with Crippen LogP contribution in [-0.4, -0.2) is 16.6 Å². The van der Waals surface area contributed by atoms with Crippen molar-refractivity contribution >= 4 is 39.3 Å². The largest absolute Gasteiger partial charge is 0.431 e. The van der Waals surface area contributed by atoms with Crippen molar-refractivity contribution in [3.63, 3.8) is 0 Å². The van der Waals surface area contributed by atoms with E-state index in [4.69, 9.17) is 4.42 Å². The molecule has 2 aromatic carbocycles. The fourth-order valence-corrected chi connectivity index (χ4v) is 3.08. The first kappa shape index (κ1) is 17.8. The molecular weight excluding hydrogens is 400 g/mol. The van der Waals surface area contributed by atoms with E-state index in [1.165, 1.54) is 17.3 Å². The highest BCUT2D eigenvalue weighted by Crippen LogP contribution is 2.26. The first-order valence-corrected chi connectivity index (χ1v) is 9.51. The van der Waals surface area contributed by atoms with Crippen LogP contribution >= 0.6 is 27.7 Å². The van der Waals surface area contributed by atoms with Gasteiger partial charge in [-0.3, -0.25) is 4.79 Å². The number of aryl methyl sites for hydroxylation is 2. The molecule has 0 aliphatic carbocycles. The Labute approximate surface area is 159 Å². The van der Waals surface area contributed by atoms with Crippen molar-refractivity contribution in [2.45, 2.75) is 19.1 Å². The maximum atomic E-state index is 12.1. The van der Waals surface area contributed by atoms with Crippen LogP contribution in [0.5, 0.6) is 0 Å². The molecule has 0 radical (unpaired) electrons. The number of nitrogens with one attached hydrogen (secondary N) is 1. The Morgan fingerprint density at radius 1 is 1.16 bits per heavy atom. The lowest BCUT2D eigenvalue weighted by Crippen LogP contribution is -2.14. The molecule has 0 bridgehead atoms. The number of hydrogen-bond donors (Lipinski definition) is 1. The quantitative estimate of drug-likeness (QED) is 0.561. The number of oxazole rings is 1. The normalized spacial score (nSPS) is 10.7. The van der Waals surface area contributed by atoms with E-state index in [9.17, 15) is 4.79 Å². The molecule has 0 spiro atoms. The zero-order valence-corrected chi connectivity index (χ0v) is 16.3. The van der Waals surface area contributed by atoms with Gasteiger partial charge >= 0.3 is 0 Å². The molecule has 25 heavy (non-hydrogen) atoms. The van der Waals surface area contributed by atoms with E-state index in [1.54, 1.807) is 6.20 Å².